The van der Waals surface area contributed by atoms with Crippen LogP contribution in [-0.2, 0) is 10.0 Å². The van der Waals surface area contributed by atoms with Crippen LogP contribution in [0.3, 0.4) is 0 Å². The molecule has 0 aromatic heterocycles. The van der Waals surface area contributed by atoms with E-state index in [4.69, 9.17) is 11.6 Å². The van der Waals surface area contributed by atoms with Gasteiger partial charge in [-0.2, -0.15) is 0 Å². The zero-order valence-electron chi connectivity index (χ0n) is 7.42. The number of halogens is 2. The minimum absolute atomic E-state index is 0.442. The average Bonchev–Trinajstić information content (AvgIpc) is 2.11. The predicted molar refractivity (Wildman–Crippen MR) is 62.1 cm³/mol. The number of benzene rings is 1. The Morgan fingerprint density at radius 1 is 1.50 bits per heavy atom. The third kappa shape index (κ3) is 3.15. The third-order valence-electron chi connectivity index (χ3n) is 1.57. The van der Waals surface area contributed by atoms with Gasteiger partial charge in [-0.1, -0.05) is 15.9 Å². The highest BCUT2D eigenvalue weighted by atomic mass is 79.9. The molecule has 78 valence electrons. The van der Waals surface area contributed by atoms with E-state index in [0.717, 1.165) is 10.0 Å². The van der Waals surface area contributed by atoms with Crippen molar-refractivity contribution in [3.8, 4) is 0 Å². The molecule has 1 rings (SSSR count). The van der Waals surface area contributed by atoms with Crippen molar-refractivity contribution < 1.29 is 8.42 Å². The lowest BCUT2D eigenvalue weighted by atomic mass is 10.2. The summed E-state index contributed by atoms with van der Waals surface area (Å²) in [7, 11) is -3.40. The summed E-state index contributed by atoms with van der Waals surface area (Å²) in [4.78, 5) is 0. The molecule has 0 radical (unpaired) electrons. The summed E-state index contributed by atoms with van der Waals surface area (Å²) in [6.45, 7) is 1.88. The Kier molecular flexibility index (Phi) is 3.80. The maximum atomic E-state index is 11.1. The molecule has 6 heteroatoms. The molecular formula is C8H9BrClNO2S. The number of aryl methyl sites for hydroxylation is 1. The van der Waals surface area contributed by atoms with Crippen LogP contribution in [0.5, 0.6) is 0 Å². The summed E-state index contributed by atoms with van der Waals surface area (Å²) >= 11 is 8.58. The smallest absolute Gasteiger partial charge is 0.246 e. The fourth-order valence-electron chi connectivity index (χ4n) is 0.915. The van der Waals surface area contributed by atoms with Gasteiger partial charge in [0.05, 0.1) is 0 Å². The van der Waals surface area contributed by atoms with Crippen molar-refractivity contribution in [1.82, 2.24) is 0 Å². The maximum absolute atomic E-state index is 11.1. The van der Waals surface area contributed by atoms with Crippen LogP contribution in [0.2, 0.25) is 0 Å². The van der Waals surface area contributed by atoms with Gasteiger partial charge in [0.15, 0.2) is 0 Å². The fraction of sp³-hybridized carbons (Fsp3) is 0.250. The summed E-state index contributed by atoms with van der Waals surface area (Å²) in [5.74, 6) is 0. The van der Waals surface area contributed by atoms with Gasteiger partial charge in [0.1, 0.15) is 5.21 Å². The molecule has 0 unspecified atom stereocenters. The van der Waals surface area contributed by atoms with E-state index in [1.165, 1.54) is 0 Å². The molecule has 0 aliphatic heterocycles. The number of hydrogen-bond acceptors (Lipinski definition) is 2. The standard InChI is InChI=1S/C8H9BrClNO2S/c1-6-4-7(2-3-8(6)9)11-14(12,13)5-10/h2-4,11H,5H2,1H3. The lowest BCUT2D eigenvalue weighted by Gasteiger charge is -2.06. The molecule has 1 aromatic carbocycles. The van der Waals surface area contributed by atoms with E-state index in [2.05, 4.69) is 20.7 Å². The van der Waals surface area contributed by atoms with E-state index in [-0.39, 0.29) is 0 Å². The Hall–Kier alpha value is -0.260. The van der Waals surface area contributed by atoms with Gasteiger partial charge in [-0.25, -0.2) is 8.42 Å². The molecule has 1 aromatic rings. The highest BCUT2D eigenvalue weighted by molar-refractivity contribution is 9.10. The highest BCUT2D eigenvalue weighted by Gasteiger charge is 2.08. The summed E-state index contributed by atoms with van der Waals surface area (Å²) in [6, 6.07) is 5.18. The van der Waals surface area contributed by atoms with Gasteiger partial charge in [0.2, 0.25) is 10.0 Å². The van der Waals surface area contributed by atoms with Crippen molar-refractivity contribution >= 4 is 43.2 Å². The van der Waals surface area contributed by atoms with E-state index in [1.807, 2.05) is 6.92 Å². The van der Waals surface area contributed by atoms with Gasteiger partial charge in [0, 0.05) is 10.2 Å². The van der Waals surface area contributed by atoms with Gasteiger partial charge in [0.25, 0.3) is 0 Å². The Balaban J connectivity index is 2.94. The number of alkyl halides is 1. The largest absolute Gasteiger partial charge is 0.283 e. The monoisotopic (exact) mass is 297 g/mol. The number of hydrogen-bond donors (Lipinski definition) is 1. The van der Waals surface area contributed by atoms with Crippen LogP contribution in [0.1, 0.15) is 5.56 Å². The molecule has 0 spiro atoms. The first-order chi connectivity index (χ1) is 6.44. The van der Waals surface area contributed by atoms with Crippen molar-refractivity contribution in [2.75, 3.05) is 9.93 Å². The molecule has 0 amide bonds. The SMILES string of the molecule is Cc1cc(NS(=O)(=O)CCl)ccc1Br. The van der Waals surface area contributed by atoms with Crippen LogP contribution in [-0.4, -0.2) is 13.6 Å². The number of sulfonamides is 1. The van der Waals surface area contributed by atoms with Gasteiger partial charge >= 0.3 is 0 Å². The molecule has 0 aliphatic carbocycles. The minimum Gasteiger partial charge on any atom is -0.283 e. The summed E-state index contributed by atoms with van der Waals surface area (Å²) in [5.41, 5.74) is 1.48. The van der Waals surface area contributed by atoms with E-state index < -0.39 is 15.2 Å². The van der Waals surface area contributed by atoms with Crippen LogP contribution in [0.25, 0.3) is 0 Å². The molecular weight excluding hydrogens is 290 g/mol. The summed E-state index contributed by atoms with van der Waals surface area (Å²) in [5, 5.41) is -0.442. The van der Waals surface area contributed by atoms with E-state index in [0.29, 0.717) is 5.69 Å². The molecule has 1 N–H and O–H groups in total. The number of nitrogens with one attached hydrogen (secondary N) is 1. The molecule has 0 saturated heterocycles. The van der Waals surface area contributed by atoms with Crippen molar-refractivity contribution in [3.05, 3.63) is 28.2 Å². The fourth-order valence-corrected chi connectivity index (χ4v) is 1.87. The van der Waals surface area contributed by atoms with Crippen LogP contribution >= 0.6 is 27.5 Å². The second-order valence-electron chi connectivity index (χ2n) is 2.79. The van der Waals surface area contributed by atoms with Gasteiger partial charge in [-0.15, -0.1) is 11.6 Å². The summed E-state index contributed by atoms with van der Waals surface area (Å²) < 4.78 is 25.5. The minimum atomic E-state index is -3.40. The Labute approximate surface area is 96.6 Å². The Bertz CT molecular complexity index is 433. The van der Waals surface area contributed by atoms with Crippen molar-refractivity contribution in [2.24, 2.45) is 0 Å². The van der Waals surface area contributed by atoms with Crippen molar-refractivity contribution in [1.29, 1.82) is 0 Å². The van der Waals surface area contributed by atoms with Crippen LogP contribution in [0.15, 0.2) is 22.7 Å². The first-order valence-corrected chi connectivity index (χ1v) is 6.75. The van der Waals surface area contributed by atoms with Gasteiger partial charge in [-0.3, -0.25) is 4.72 Å². The first-order valence-electron chi connectivity index (χ1n) is 3.77. The van der Waals surface area contributed by atoms with Crippen LogP contribution < -0.4 is 4.72 Å². The summed E-state index contributed by atoms with van der Waals surface area (Å²) in [6.07, 6.45) is 0. The van der Waals surface area contributed by atoms with E-state index in [1.54, 1.807) is 18.2 Å². The molecule has 0 heterocycles. The quantitative estimate of drug-likeness (QED) is 0.872. The first kappa shape index (κ1) is 11.8. The topological polar surface area (TPSA) is 46.2 Å². The normalized spacial score (nSPS) is 11.4. The zero-order chi connectivity index (χ0) is 10.8. The molecule has 0 atom stereocenters. The van der Waals surface area contributed by atoms with Crippen LogP contribution in [0.4, 0.5) is 5.69 Å². The number of rotatable bonds is 3. The lowest BCUT2D eigenvalue weighted by Crippen LogP contribution is -2.13. The highest BCUT2D eigenvalue weighted by Crippen LogP contribution is 2.20. The zero-order valence-corrected chi connectivity index (χ0v) is 10.6. The number of anilines is 1. The molecule has 0 saturated carbocycles. The molecule has 0 fully saturated rings. The second-order valence-corrected chi connectivity index (χ2v) is 5.95. The van der Waals surface area contributed by atoms with Crippen LogP contribution in [0, 0.1) is 6.92 Å². The third-order valence-corrected chi connectivity index (χ3v) is 4.16. The molecule has 0 aliphatic rings. The van der Waals surface area contributed by atoms with E-state index >= 15 is 0 Å². The second kappa shape index (κ2) is 4.51. The lowest BCUT2D eigenvalue weighted by molar-refractivity contribution is 0.605. The average molecular weight is 299 g/mol. The Morgan fingerprint density at radius 2 is 2.14 bits per heavy atom. The van der Waals surface area contributed by atoms with Gasteiger partial charge < -0.3 is 0 Å². The molecule has 0 bridgehead atoms. The Morgan fingerprint density at radius 3 is 2.64 bits per heavy atom. The van der Waals surface area contributed by atoms with E-state index in [9.17, 15) is 8.42 Å². The van der Waals surface area contributed by atoms with Crippen molar-refractivity contribution in [2.45, 2.75) is 6.92 Å². The molecule has 14 heavy (non-hydrogen) atoms. The van der Waals surface area contributed by atoms with Crippen molar-refractivity contribution in [3.63, 3.8) is 0 Å². The molecule has 3 nitrogen and oxygen atoms in total. The predicted octanol–water partition coefficient (Wildman–Crippen LogP) is 2.70. The maximum Gasteiger partial charge on any atom is 0.246 e. The van der Waals surface area contributed by atoms with Gasteiger partial charge in [-0.05, 0) is 30.7 Å².